The van der Waals surface area contributed by atoms with Crippen LogP contribution < -0.4 is 5.32 Å². The summed E-state index contributed by atoms with van der Waals surface area (Å²) in [7, 11) is 0. The van der Waals surface area contributed by atoms with E-state index in [-0.39, 0.29) is 6.04 Å². The Kier molecular flexibility index (Phi) is 5.66. The van der Waals surface area contributed by atoms with Crippen molar-refractivity contribution in [3.05, 3.63) is 53.0 Å². The minimum atomic E-state index is 0.232. The molecule has 1 aromatic carbocycles. The largest absolute Gasteiger partial charge is 0.306 e. The zero-order chi connectivity index (χ0) is 14.0. The second kappa shape index (κ2) is 6.85. The van der Waals surface area contributed by atoms with Crippen LogP contribution in [0.1, 0.15) is 29.0 Å². The molecule has 1 atom stereocenters. The first kappa shape index (κ1) is 15.7. The molecule has 0 saturated carbocycles. The third kappa shape index (κ3) is 3.50. The van der Waals surface area contributed by atoms with Gasteiger partial charge in [0.05, 0.1) is 9.83 Å². The van der Waals surface area contributed by atoms with Crippen molar-refractivity contribution in [3.8, 4) is 0 Å². The van der Waals surface area contributed by atoms with E-state index in [2.05, 4.69) is 91.2 Å². The minimum Gasteiger partial charge on any atom is -0.306 e. The maximum Gasteiger partial charge on any atom is 0.0843 e. The molecule has 0 aliphatic heterocycles. The van der Waals surface area contributed by atoms with E-state index >= 15 is 0 Å². The summed E-state index contributed by atoms with van der Waals surface area (Å²) in [6.07, 6.45) is 0. The Bertz CT molecular complexity index is 561. The Hall–Kier alpha value is 0.320. The maximum atomic E-state index is 3.61. The van der Waals surface area contributed by atoms with Crippen LogP contribution >= 0.6 is 59.1 Å². The lowest BCUT2D eigenvalue weighted by atomic mass is 10.00. The molecule has 1 unspecified atom stereocenters. The number of hydrogen-bond donors (Lipinski definition) is 1. The molecule has 0 aliphatic carbocycles. The van der Waals surface area contributed by atoms with Crippen LogP contribution in [0.4, 0.5) is 0 Å². The van der Waals surface area contributed by atoms with Crippen LogP contribution in [0.2, 0.25) is 0 Å². The van der Waals surface area contributed by atoms with Gasteiger partial charge in [0.25, 0.3) is 0 Å². The summed E-state index contributed by atoms with van der Waals surface area (Å²) in [5, 5.41) is 3.57. The van der Waals surface area contributed by atoms with Crippen molar-refractivity contribution in [2.75, 3.05) is 6.54 Å². The van der Waals surface area contributed by atoms with E-state index in [9.17, 15) is 0 Å². The average Bonchev–Trinajstić information content (AvgIpc) is 2.70. The molecule has 1 aromatic heterocycles. The lowest BCUT2D eigenvalue weighted by Crippen LogP contribution is -2.22. The summed E-state index contributed by atoms with van der Waals surface area (Å²) in [6, 6.07) is 8.78. The quantitative estimate of drug-likeness (QED) is 0.577. The van der Waals surface area contributed by atoms with Crippen LogP contribution in [-0.2, 0) is 0 Å². The molecule has 0 bridgehead atoms. The van der Waals surface area contributed by atoms with Crippen LogP contribution in [-0.4, -0.2) is 6.54 Å². The van der Waals surface area contributed by atoms with Gasteiger partial charge in [-0.15, -0.1) is 11.3 Å². The van der Waals surface area contributed by atoms with Crippen LogP contribution in [0.25, 0.3) is 0 Å². The van der Waals surface area contributed by atoms with Gasteiger partial charge >= 0.3 is 0 Å². The summed E-state index contributed by atoms with van der Waals surface area (Å²) >= 11 is 12.5. The predicted octanol–water partition coefficient (Wildman–Crippen LogP) is 6.04. The van der Waals surface area contributed by atoms with Crippen LogP contribution in [0.3, 0.4) is 0 Å². The van der Waals surface area contributed by atoms with Crippen molar-refractivity contribution in [1.82, 2.24) is 5.32 Å². The Morgan fingerprint density at radius 3 is 2.53 bits per heavy atom. The molecular weight excluding hydrogens is 454 g/mol. The van der Waals surface area contributed by atoms with Gasteiger partial charge in [-0.3, -0.25) is 0 Å². The molecule has 0 aliphatic rings. The highest BCUT2D eigenvalue weighted by molar-refractivity contribution is 9.13. The van der Waals surface area contributed by atoms with Gasteiger partial charge in [-0.1, -0.05) is 35.0 Å². The van der Waals surface area contributed by atoms with E-state index in [1.807, 2.05) is 0 Å². The SMILES string of the molecule is CCNC(c1cc(Br)c(Br)s1)c1cccc(Br)c1C. The molecule has 1 nitrogen and oxygen atoms in total. The average molecular weight is 468 g/mol. The highest BCUT2D eigenvalue weighted by atomic mass is 79.9. The predicted molar refractivity (Wildman–Crippen MR) is 94.1 cm³/mol. The number of thiophene rings is 1. The van der Waals surface area contributed by atoms with Crippen molar-refractivity contribution in [2.45, 2.75) is 19.9 Å². The summed E-state index contributed by atoms with van der Waals surface area (Å²) in [5.74, 6) is 0. The summed E-state index contributed by atoms with van der Waals surface area (Å²) < 4.78 is 3.41. The highest BCUT2D eigenvalue weighted by Crippen LogP contribution is 2.39. The van der Waals surface area contributed by atoms with Crippen LogP contribution in [0.5, 0.6) is 0 Å². The number of hydrogen-bond acceptors (Lipinski definition) is 2. The first-order valence-corrected chi connectivity index (χ1v) is 9.17. The normalized spacial score (nSPS) is 12.7. The van der Waals surface area contributed by atoms with Crippen molar-refractivity contribution >= 4 is 59.1 Å². The Morgan fingerprint density at radius 2 is 1.95 bits per heavy atom. The van der Waals surface area contributed by atoms with Crippen molar-refractivity contribution in [2.24, 2.45) is 0 Å². The molecule has 1 N–H and O–H groups in total. The highest BCUT2D eigenvalue weighted by Gasteiger charge is 2.19. The molecule has 0 spiro atoms. The number of nitrogens with one attached hydrogen (secondary N) is 1. The molecule has 0 amide bonds. The van der Waals surface area contributed by atoms with Gasteiger partial charge in [0.1, 0.15) is 0 Å². The summed E-state index contributed by atoms with van der Waals surface area (Å²) in [6.45, 7) is 5.23. The lowest BCUT2D eigenvalue weighted by molar-refractivity contribution is 0.636. The second-order valence-corrected chi connectivity index (χ2v) is 8.33. The van der Waals surface area contributed by atoms with Gasteiger partial charge in [-0.05, 0) is 68.6 Å². The lowest BCUT2D eigenvalue weighted by Gasteiger charge is -2.19. The van der Waals surface area contributed by atoms with Gasteiger partial charge in [0.2, 0.25) is 0 Å². The van der Waals surface area contributed by atoms with Gasteiger partial charge in [-0.2, -0.15) is 0 Å². The molecule has 5 heteroatoms. The molecule has 102 valence electrons. The van der Waals surface area contributed by atoms with Crippen LogP contribution in [0.15, 0.2) is 37.0 Å². The van der Waals surface area contributed by atoms with Gasteiger partial charge < -0.3 is 5.32 Å². The van der Waals surface area contributed by atoms with Crippen molar-refractivity contribution in [1.29, 1.82) is 0 Å². The third-order valence-electron chi connectivity index (χ3n) is 2.98. The van der Waals surface area contributed by atoms with E-state index in [0.717, 1.165) is 19.3 Å². The van der Waals surface area contributed by atoms with Crippen LogP contribution in [0, 0.1) is 6.92 Å². The van der Waals surface area contributed by atoms with E-state index in [1.54, 1.807) is 11.3 Å². The fourth-order valence-electron chi connectivity index (χ4n) is 2.01. The fourth-order valence-corrected chi connectivity index (χ4v) is 4.58. The first-order valence-electron chi connectivity index (χ1n) is 5.97. The zero-order valence-electron chi connectivity index (χ0n) is 10.6. The molecule has 0 fully saturated rings. The fraction of sp³-hybridized carbons (Fsp3) is 0.286. The number of halogens is 3. The van der Waals surface area contributed by atoms with E-state index in [1.165, 1.54) is 16.0 Å². The third-order valence-corrected chi connectivity index (χ3v) is 7.16. The summed E-state index contributed by atoms with van der Waals surface area (Å²) in [5.41, 5.74) is 2.60. The van der Waals surface area contributed by atoms with E-state index < -0.39 is 0 Å². The van der Waals surface area contributed by atoms with E-state index in [4.69, 9.17) is 0 Å². The molecule has 2 aromatic rings. The van der Waals surface area contributed by atoms with Gasteiger partial charge in [0.15, 0.2) is 0 Å². The summed E-state index contributed by atoms with van der Waals surface area (Å²) in [4.78, 5) is 1.31. The molecule has 2 rings (SSSR count). The Labute approximate surface area is 143 Å². The zero-order valence-corrected chi connectivity index (χ0v) is 16.2. The Balaban J connectivity index is 2.48. The Morgan fingerprint density at radius 1 is 1.21 bits per heavy atom. The molecular formula is C14H14Br3NS. The molecule has 19 heavy (non-hydrogen) atoms. The van der Waals surface area contributed by atoms with Gasteiger partial charge in [0, 0.05) is 13.8 Å². The molecule has 0 saturated heterocycles. The minimum absolute atomic E-state index is 0.232. The molecule has 1 heterocycles. The number of rotatable bonds is 4. The second-order valence-electron chi connectivity index (χ2n) is 4.22. The van der Waals surface area contributed by atoms with E-state index in [0.29, 0.717) is 0 Å². The monoisotopic (exact) mass is 465 g/mol. The topological polar surface area (TPSA) is 12.0 Å². The first-order chi connectivity index (χ1) is 9.04. The maximum absolute atomic E-state index is 3.61. The number of benzene rings is 1. The molecule has 0 radical (unpaired) electrons. The van der Waals surface area contributed by atoms with Crippen molar-refractivity contribution in [3.63, 3.8) is 0 Å². The van der Waals surface area contributed by atoms with Gasteiger partial charge in [-0.25, -0.2) is 0 Å². The smallest absolute Gasteiger partial charge is 0.0843 e. The van der Waals surface area contributed by atoms with Crippen molar-refractivity contribution < 1.29 is 0 Å². The standard InChI is InChI=1S/C14H14Br3NS/c1-3-18-13(12-7-11(16)14(17)19-12)9-5-4-6-10(15)8(9)2/h4-7,13,18H,3H2,1-2H3.